The number of aliphatic hydroxyl groups excluding tert-OH is 1. The van der Waals surface area contributed by atoms with Gasteiger partial charge in [-0.25, -0.2) is 0 Å². The first kappa shape index (κ1) is 11.7. The van der Waals surface area contributed by atoms with Crippen molar-refractivity contribution >= 4 is 8.07 Å². The minimum atomic E-state index is -1.08. The molecule has 0 aliphatic carbocycles. The summed E-state index contributed by atoms with van der Waals surface area (Å²) in [5.74, 6) is 2.59. The first-order valence-corrected chi connectivity index (χ1v) is 8.28. The van der Waals surface area contributed by atoms with Crippen molar-refractivity contribution in [2.24, 2.45) is 0 Å². The van der Waals surface area contributed by atoms with E-state index in [1.165, 1.54) is 0 Å². The van der Waals surface area contributed by atoms with Crippen LogP contribution in [0.15, 0.2) is 0 Å². The van der Waals surface area contributed by atoms with Crippen molar-refractivity contribution in [1.82, 2.24) is 0 Å². The minimum absolute atomic E-state index is 0.120. The molecule has 70 valence electrons. The summed E-state index contributed by atoms with van der Waals surface area (Å²) in [5.41, 5.74) is 0. The summed E-state index contributed by atoms with van der Waals surface area (Å²) in [6.45, 7) is 6.83. The predicted molar refractivity (Wildman–Crippen MR) is 56.8 cm³/mol. The van der Waals surface area contributed by atoms with Crippen molar-refractivity contribution in [3.05, 3.63) is 0 Å². The van der Waals surface area contributed by atoms with E-state index < -0.39 is 8.07 Å². The van der Waals surface area contributed by atoms with Gasteiger partial charge in [0.25, 0.3) is 0 Å². The summed E-state index contributed by atoms with van der Waals surface area (Å²) in [6, 6.07) is 0.998. The molecule has 0 aliphatic heterocycles. The minimum Gasteiger partial charge on any atom is -0.393 e. The molecule has 12 heavy (non-hydrogen) atoms. The fourth-order valence-corrected chi connectivity index (χ4v) is 2.87. The van der Waals surface area contributed by atoms with E-state index in [4.69, 9.17) is 6.42 Å². The predicted octanol–water partition coefficient (Wildman–Crippen LogP) is 2.49. The third-order valence-electron chi connectivity index (χ3n) is 1.71. The standard InChI is InChI=1S/C10H20OSi/c1-5-6-7-8-10(11)9-12(2,3)4/h1,10-11H,6-9H2,2-4H3. The molecule has 0 spiro atoms. The smallest absolute Gasteiger partial charge is 0.0517 e. The third kappa shape index (κ3) is 7.84. The number of unbranched alkanes of at least 4 members (excludes halogenated alkanes) is 1. The molecule has 1 N–H and O–H groups in total. The summed E-state index contributed by atoms with van der Waals surface area (Å²) in [6.07, 6.45) is 7.62. The maximum atomic E-state index is 9.58. The van der Waals surface area contributed by atoms with Crippen LogP contribution >= 0.6 is 0 Å². The zero-order chi connectivity index (χ0) is 9.61. The Morgan fingerprint density at radius 1 is 1.42 bits per heavy atom. The Kier molecular flexibility index (Phi) is 5.28. The SMILES string of the molecule is C#CCCCC(O)C[Si](C)(C)C. The molecule has 0 aromatic rings. The van der Waals surface area contributed by atoms with Gasteiger partial charge >= 0.3 is 0 Å². The Morgan fingerprint density at radius 2 is 2.00 bits per heavy atom. The monoisotopic (exact) mass is 184 g/mol. The molecule has 0 saturated heterocycles. The molecule has 0 aliphatic rings. The quantitative estimate of drug-likeness (QED) is 0.395. The van der Waals surface area contributed by atoms with Crippen LogP contribution in [0.4, 0.5) is 0 Å². The van der Waals surface area contributed by atoms with Crippen molar-refractivity contribution in [2.45, 2.75) is 51.1 Å². The fraction of sp³-hybridized carbons (Fsp3) is 0.800. The normalized spacial score (nSPS) is 13.9. The molecular formula is C10H20OSi. The summed E-state index contributed by atoms with van der Waals surface area (Å²) in [4.78, 5) is 0. The van der Waals surface area contributed by atoms with Crippen LogP contribution in [0.5, 0.6) is 0 Å². The van der Waals surface area contributed by atoms with Gasteiger partial charge in [-0.2, -0.15) is 0 Å². The fourth-order valence-electron chi connectivity index (χ4n) is 1.25. The lowest BCUT2D eigenvalue weighted by Gasteiger charge is -2.19. The molecule has 0 aromatic carbocycles. The second kappa shape index (κ2) is 5.39. The van der Waals surface area contributed by atoms with Gasteiger partial charge in [-0.3, -0.25) is 0 Å². The molecule has 1 atom stereocenters. The van der Waals surface area contributed by atoms with Gasteiger partial charge in [0.15, 0.2) is 0 Å². The lowest BCUT2D eigenvalue weighted by atomic mass is 10.2. The van der Waals surface area contributed by atoms with Gasteiger partial charge in [-0.05, 0) is 18.9 Å². The van der Waals surface area contributed by atoms with Crippen LogP contribution in [0.25, 0.3) is 0 Å². The van der Waals surface area contributed by atoms with Gasteiger partial charge in [0.05, 0.1) is 6.10 Å². The van der Waals surface area contributed by atoms with E-state index in [9.17, 15) is 5.11 Å². The van der Waals surface area contributed by atoms with Crippen molar-refractivity contribution in [2.75, 3.05) is 0 Å². The van der Waals surface area contributed by atoms with Crippen molar-refractivity contribution < 1.29 is 5.11 Å². The van der Waals surface area contributed by atoms with Gasteiger partial charge in [-0.15, -0.1) is 12.3 Å². The molecule has 0 radical (unpaired) electrons. The van der Waals surface area contributed by atoms with E-state index in [1.807, 2.05) is 0 Å². The number of hydrogen-bond acceptors (Lipinski definition) is 1. The summed E-state index contributed by atoms with van der Waals surface area (Å²) in [5, 5.41) is 9.58. The Balaban J connectivity index is 3.48. The molecule has 0 saturated carbocycles. The largest absolute Gasteiger partial charge is 0.393 e. The number of hydrogen-bond donors (Lipinski definition) is 1. The highest BCUT2D eigenvalue weighted by molar-refractivity contribution is 6.76. The summed E-state index contributed by atoms with van der Waals surface area (Å²) in [7, 11) is -1.08. The van der Waals surface area contributed by atoms with Crippen LogP contribution in [0.2, 0.25) is 25.7 Å². The first-order valence-electron chi connectivity index (χ1n) is 4.57. The van der Waals surface area contributed by atoms with E-state index in [1.54, 1.807) is 0 Å². The van der Waals surface area contributed by atoms with Crippen LogP contribution in [0.1, 0.15) is 19.3 Å². The van der Waals surface area contributed by atoms with Crippen molar-refractivity contribution in [3.8, 4) is 12.3 Å². The van der Waals surface area contributed by atoms with E-state index in [0.29, 0.717) is 0 Å². The Morgan fingerprint density at radius 3 is 2.42 bits per heavy atom. The van der Waals surface area contributed by atoms with Crippen LogP contribution in [0.3, 0.4) is 0 Å². The van der Waals surface area contributed by atoms with E-state index in [-0.39, 0.29) is 6.10 Å². The lowest BCUT2D eigenvalue weighted by Crippen LogP contribution is -2.26. The van der Waals surface area contributed by atoms with Crippen LogP contribution in [-0.2, 0) is 0 Å². The van der Waals surface area contributed by atoms with E-state index >= 15 is 0 Å². The van der Waals surface area contributed by atoms with Gasteiger partial charge in [0, 0.05) is 14.5 Å². The third-order valence-corrected chi connectivity index (χ3v) is 3.40. The highest BCUT2D eigenvalue weighted by atomic mass is 28.3. The van der Waals surface area contributed by atoms with Gasteiger partial charge in [-0.1, -0.05) is 19.6 Å². The van der Waals surface area contributed by atoms with Crippen LogP contribution in [0, 0.1) is 12.3 Å². The average Bonchev–Trinajstić information content (AvgIpc) is 1.84. The topological polar surface area (TPSA) is 20.2 Å². The number of aliphatic hydroxyl groups is 1. The number of rotatable bonds is 5. The molecule has 0 aromatic heterocycles. The zero-order valence-electron chi connectivity index (χ0n) is 8.43. The van der Waals surface area contributed by atoms with Crippen molar-refractivity contribution in [1.29, 1.82) is 0 Å². The molecule has 0 rings (SSSR count). The zero-order valence-corrected chi connectivity index (χ0v) is 9.43. The Bertz CT molecular complexity index is 152. The second-order valence-corrected chi connectivity index (χ2v) is 10.0. The van der Waals surface area contributed by atoms with Gasteiger partial charge in [0.2, 0.25) is 0 Å². The van der Waals surface area contributed by atoms with Gasteiger partial charge in [0.1, 0.15) is 0 Å². The van der Waals surface area contributed by atoms with E-state index in [2.05, 4.69) is 25.6 Å². The van der Waals surface area contributed by atoms with Crippen LogP contribution in [-0.4, -0.2) is 19.3 Å². The maximum absolute atomic E-state index is 9.58. The summed E-state index contributed by atoms with van der Waals surface area (Å²) < 4.78 is 0. The average molecular weight is 184 g/mol. The second-order valence-electron chi connectivity index (χ2n) is 4.51. The molecule has 1 unspecified atom stereocenters. The van der Waals surface area contributed by atoms with Crippen molar-refractivity contribution in [3.63, 3.8) is 0 Å². The maximum Gasteiger partial charge on any atom is 0.0517 e. The summed E-state index contributed by atoms with van der Waals surface area (Å²) >= 11 is 0. The van der Waals surface area contributed by atoms with Gasteiger partial charge < -0.3 is 5.11 Å². The molecule has 2 heteroatoms. The molecule has 0 fully saturated rings. The van der Waals surface area contributed by atoms with Crippen LogP contribution < -0.4 is 0 Å². The number of terminal acetylenes is 1. The Hall–Kier alpha value is -0.263. The molecule has 1 nitrogen and oxygen atoms in total. The van der Waals surface area contributed by atoms with E-state index in [0.717, 1.165) is 25.3 Å². The highest BCUT2D eigenvalue weighted by Gasteiger charge is 2.17. The highest BCUT2D eigenvalue weighted by Crippen LogP contribution is 2.15. The molecular weight excluding hydrogens is 164 g/mol. The molecule has 0 bridgehead atoms. The first-order chi connectivity index (χ1) is 5.45. The molecule has 0 heterocycles. The Labute approximate surface area is 77.2 Å². The molecule has 0 amide bonds. The lowest BCUT2D eigenvalue weighted by molar-refractivity contribution is 0.180.